The van der Waals surface area contributed by atoms with Crippen molar-refractivity contribution in [3.63, 3.8) is 0 Å². The molecule has 1 unspecified atom stereocenters. The number of hydrazine groups is 1. The second-order valence-corrected chi connectivity index (χ2v) is 3.90. The molecule has 0 aliphatic heterocycles. The van der Waals surface area contributed by atoms with Crippen LogP contribution in [0.2, 0.25) is 0 Å². The maximum Gasteiger partial charge on any atom is 0.206 e. The van der Waals surface area contributed by atoms with Gasteiger partial charge < -0.3 is 15.0 Å². The zero-order valence-electron chi connectivity index (χ0n) is 11.5. The third-order valence-electron chi connectivity index (χ3n) is 2.51. The van der Waals surface area contributed by atoms with Gasteiger partial charge in [0.2, 0.25) is 5.96 Å². The molecule has 102 valence electrons. The molecule has 0 amide bonds. The van der Waals surface area contributed by atoms with Crippen LogP contribution in [-0.2, 0) is 4.74 Å². The maximum absolute atomic E-state index is 5.40. The third kappa shape index (κ3) is 7.95. The van der Waals surface area contributed by atoms with Gasteiger partial charge in [-0.2, -0.15) is 0 Å². The van der Waals surface area contributed by atoms with Crippen LogP contribution in [0.15, 0.2) is 4.99 Å². The van der Waals surface area contributed by atoms with Crippen LogP contribution in [0, 0.1) is 0 Å². The highest BCUT2D eigenvalue weighted by Crippen LogP contribution is 1.91. The van der Waals surface area contributed by atoms with Crippen molar-refractivity contribution >= 4 is 5.96 Å². The molecule has 0 radical (unpaired) electrons. The van der Waals surface area contributed by atoms with E-state index in [-0.39, 0.29) is 0 Å². The fourth-order valence-electron chi connectivity index (χ4n) is 1.53. The van der Waals surface area contributed by atoms with E-state index in [1.165, 1.54) is 0 Å². The second kappa shape index (κ2) is 10.3. The van der Waals surface area contributed by atoms with E-state index in [2.05, 4.69) is 41.4 Å². The Hall–Kier alpha value is -0.850. The van der Waals surface area contributed by atoms with Crippen LogP contribution in [0.1, 0.15) is 20.8 Å². The largest absolute Gasteiger partial charge is 0.383 e. The summed E-state index contributed by atoms with van der Waals surface area (Å²) in [5, 5.41) is 3.24. The normalized spacial score (nSPS) is 13.9. The van der Waals surface area contributed by atoms with Gasteiger partial charge in [-0.15, -0.1) is 0 Å². The van der Waals surface area contributed by atoms with Crippen LogP contribution >= 0.6 is 0 Å². The fourth-order valence-corrected chi connectivity index (χ4v) is 1.53. The molecule has 0 aromatic rings. The molecule has 4 N–H and O–H groups in total. The molecule has 0 saturated heterocycles. The Morgan fingerprint density at radius 1 is 1.41 bits per heavy atom. The Morgan fingerprint density at radius 3 is 2.53 bits per heavy atom. The van der Waals surface area contributed by atoms with Gasteiger partial charge in [0.25, 0.3) is 0 Å². The molecule has 0 aliphatic carbocycles. The van der Waals surface area contributed by atoms with E-state index in [0.29, 0.717) is 25.2 Å². The van der Waals surface area contributed by atoms with Gasteiger partial charge >= 0.3 is 0 Å². The number of aliphatic imine (C=N–C) groups is 1. The average Bonchev–Trinajstić information content (AvgIpc) is 2.34. The molecular weight excluding hydrogens is 218 g/mol. The van der Waals surface area contributed by atoms with Gasteiger partial charge in [-0.05, 0) is 20.0 Å². The predicted molar refractivity (Wildman–Crippen MR) is 71.9 cm³/mol. The lowest BCUT2D eigenvalue weighted by Gasteiger charge is -2.24. The van der Waals surface area contributed by atoms with Gasteiger partial charge in [-0.3, -0.25) is 5.43 Å². The summed E-state index contributed by atoms with van der Waals surface area (Å²) >= 11 is 0. The highest BCUT2D eigenvalue weighted by molar-refractivity contribution is 5.79. The van der Waals surface area contributed by atoms with Crippen LogP contribution < -0.4 is 16.6 Å². The van der Waals surface area contributed by atoms with Crippen molar-refractivity contribution in [2.24, 2.45) is 10.8 Å². The van der Waals surface area contributed by atoms with Crippen LogP contribution in [0.4, 0.5) is 0 Å². The van der Waals surface area contributed by atoms with Gasteiger partial charge in [0, 0.05) is 19.7 Å². The first-order valence-electron chi connectivity index (χ1n) is 6.16. The average molecular weight is 245 g/mol. The van der Waals surface area contributed by atoms with Gasteiger partial charge in [-0.25, -0.2) is 10.8 Å². The molecule has 0 aliphatic rings. The summed E-state index contributed by atoms with van der Waals surface area (Å²) in [6.07, 6.45) is 0. The van der Waals surface area contributed by atoms with Gasteiger partial charge in [0.05, 0.1) is 13.2 Å². The monoisotopic (exact) mass is 245 g/mol. The fraction of sp³-hybridized carbons (Fsp3) is 0.909. The lowest BCUT2D eigenvalue weighted by Crippen LogP contribution is -2.49. The van der Waals surface area contributed by atoms with Crippen LogP contribution in [0.25, 0.3) is 0 Å². The van der Waals surface area contributed by atoms with Crippen molar-refractivity contribution in [2.45, 2.75) is 26.8 Å². The van der Waals surface area contributed by atoms with Gasteiger partial charge in [0.15, 0.2) is 0 Å². The van der Waals surface area contributed by atoms with E-state index in [9.17, 15) is 0 Å². The third-order valence-corrected chi connectivity index (χ3v) is 2.51. The summed E-state index contributed by atoms with van der Waals surface area (Å²) in [5.74, 6) is 6.01. The van der Waals surface area contributed by atoms with E-state index >= 15 is 0 Å². The summed E-state index contributed by atoms with van der Waals surface area (Å²) < 4.78 is 4.93. The molecule has 0 aromatic carbocycles. The summed E-state index contributed by atoms with van der Waals surface area (Å²) in [4.78, 5) is 6.60. The van der Waals surface area contributed by atoms with E-state index in [1.807, 2.05) is 0 Å². The molecule has 0 spiro atoms. The van der Waals surface area contributed by atoms with Crippen LogP contribution in [0.5, 0.6) is 0 Å². The minimum atomic E-state index is 0.298. The molecule has 0 aromatic heterocycles. The van der Waals surface area contributed by atoms with Crippen molar-refractivity contribution in [3.05, 3.63) is 0 Å². The molecule has 0 heterocycles. The van der Waals surface area contributed by atoms with Crippen LogP contribution in [0.3, 0.4) is 0 Å². The summed E-state index contributed by atoms with van der Waals surface area (Å²) in [7, 11) is 1.65. The number of likely N-dealkylation sites (N-methyl/N-ethyl adjacent to an activating group) is 1. The molecule has 0 bridgehead atoms. The molecule has 0 saturated carbocycles. The van der Waals surface area contributed by atoms with Crippen molar-refractivity contribution in [1.29, 1.82) is 0 Å². The minimum absolute atomic E-state index is 0.298. The zero-order chi connectivity index (χ0) is 13.1. The topological polar surface area (TPSA) is 74.9 Å². The molecule has 0 rings (SSSR count). The Bertz CT molecular complexity index is 206. The Balaban J connectivity index is 4.04. The maximum atomic E-state index is 5.40. The number of nitrogens with zero attached hydrogens (tertiary/aromatic N) is 2. The number of hydrogen-bond donors (Lipinski definition) is 3. The number of nitrogens with one attached hydrogen (secondary N) is 2. The molecule has 17 heavy (non-hydrogen) atoms. The molecule has 0 fully saturated rings. The first kappa shape index (κ1) is 16.1. The molecular formula is C11H27N5O. The van der Waals surface area contributed by atoms with Crippen molar-refractivity contribution in [1.82, 2.24) is 15.6 Å². The number of ether oxygens (including phenoxy) is 1. The number of guanidine groups is 1. The Morgan fingerprint density at radius 2 is 2.06 bits per heavy atom. The van der Waals surface area contributed by atoms with E-state index in [1.54, 1.807) is 7.11 Å². The standard InChI is InChI=1S/C11H27N5O/c1-5-16(6-2)9-10(3)14-11(15-12)13-7-8-17-4/h10H,5-9,12H2,1-4H3,(H2,13,14,15). The molecule has 6 nitrogen and oxygen atoms in total. The smallest absolute Gasteiger partial charge is 0.206 e. The minimum Gasteiger partial charge on any atom is -0.383 e. The quantitative estimate of drug-likeness (QED) is 0.181. The van der Waals surface area contributed by atoms with Gasteiger partial charge in [0.1, 0.15) is 0 Å². The van der Waals surface area contributed by atoms with E-state index in [0.717, 1.165) is 19.6 Å². The summed E-state index contributed by atoms with van der Waals surface area (Å²) in [6, 6.07) is 0.298. The van der Waals surface area contributed by atoms with Crippen LogP contribution in [-0.4, -0.2) is 56.8 Å². The number of rotatable bonds is 8. The first-order valence-corrected chi connectivity index (χ1v) is 6.16. The lowest BCUT2D eigenvalue weighted by molar-refractivity contribution is 0.207. The summed E-state index contributed by atoms with van der Waals surface area (Å²) in [5.41, 5.74) is 2.57. The Kier molecular flexibility index (Phi) is 9.80. The highest BCUT2D eigenvalue weighted by Gasteiger charge is 2.08. The van der Waals surface area contributed by atoms with Crippen molar-refractivity contribution in [3.8, 4) is 0 Å². The lowest BCUT2D eigenvalue weighted by atomic mass is 10.3. The van der Waals surface area contributed by atoms with E-state index < -0.39 is 0 Å². The highest BCUT2D eigenvalue weighted by atomic mass is 16.5. The zero-order valence-corrected chi connectivity index (χ0v) is 11.5. The van der Waals surface area contributed by atoms with Crippen molar-refractivity contribution < 1.29 is 4.74 Å². The molecule has 1 atom stereocenters. The number of nitrogens with two attached hydrogens (primary N) is 1. The second-order valence-electron chi connectivity index (χ2n) is 3.90. The molecule has 6 heteroatoms. The van der Waals surface area contributed by atoms with Gasteiger partial charge in [-0.1, -0.05) is 13.8 Å². The van der Waals surface area contributed by atoms with Crippen molar-refractivity contribution in [2.75, 3.05) is 39.9 Å². The number of methoxy groups -OCH3 is 1. The van der Waals surface area contributed by atoms with E-state index in [4.69, 9.17) is 10.6 Å². The SMILES string of the molecule is CCN(CC)CC(C)NC(=NCCOC)NN. The first-order chi connectivity index (χ1) is 8.17. The predicted octanol–water partition coefficient (Wildman–Crippen LogP) is -0.228. The number of hydrogen-bond acceptors (Lipinski definition) is 4. The summed E-state index contributed by atoms with van der Waals surface area (Å²) in [6.45, 7) is 10.7. The Labute approximate surface area is 105 Å².